The van der Waals surface area contributed by atoms with Crippen molar-refractivity contribution in [1.29, 1.82) is 0 Å². The predicted octanol–water partition coefficient (Wildman–Crippen LogP) is 3.99. The fourth-order valence-electron chi connectivity index (χ4n) is 3.21. The van der Waals surface area contributed by atoms with E-state index in [1.165, 1.54) is 25.7 Å². The first-order chi connectivity index (χ1) is 9.67. The Morgan fingerprint density at radius 2 is 2.10 bits per heavy atom. The van der Waals surface area contributed by atoms with E-state index in [0.29, 0.717) is 12.1 Å². The highest BCUT2D eigenvalue weighted by Crippen LogP contribution is 2.31. The average Bonchev–Trinajstić information content (AvgIpc) is 2.46. The van der Waals surface area contributed by atoms with Gasteiger partial charge in [-0.3, -0.25) is 4.90 Å². The number of hydrogen-bond donors (Lipinski definition) is 1. The van der Waals surface area contributed by atoms with Crippen molar-refractivity contribution in [2.45, 2.75) is 38.6 Å². The lowest BCUT2D eigenvalue weighted by Gasteiger charge is -2.37. The SMILES string of the molecule is CCCC1CCN(C(CN)c2cccc(Cl)c2F)CC1. The molecule has 0 saturated carbocycles. The highest BCUT2D eigenvalue weighted by atomic mass is 35.5. The van der Waals surface area contributed by atoms with Gasteiger partial charge in [-0.25, -0.2) is 4.39 Å². The number of hydrogen-bond acceptors (Lipinski definition) is 2. The van der Waals surface area contributed by atoms with Crippen molar-refractivity contribution in [3.63, 3.8) is 0 Å². The molecule has 0 radical (unpaired) electrons. The molecule has 4 heteroatoms. The normalized spacial score (nSPS) is 19.2. The van der Waals surface area contributed by atoms with Gasteiger partial charge in [-0.1, -0.05) is 43.5 Å². The van der Waals surface area contributed by atoms with Crippen LogP contribution in [0.25, 0.3) is 0 Å². The molecule has 1 aromatic rings. The monoisotopic (exact) mass is 298 g/mol. The van der Waals surface area contributed by atoms with E-state index < -0.39 is 0 Å². The van der Waals surface area contributed by atoms with Gasteiger partial charge in [0, 0.05) is 18.2 Å². The lowest BCUT2D eigenvalue weighted by atomic mass is 9.91. The second kappa shape index (κ2) is 7.39. The van der Waals surface area contributed by atoms with Crippen LogP contribution in [0.2, 0.25) is 5.02 Å². The van der Waals surface area contributed by atoms with Gasteiger partial charge in [0.1, 0.15) is 5.82 Å². The second-order valence-corrected chi connectivity index (χ2v) is 6.07. The Labute approximate surface area is 126 Å². The van der Waals surface area contributed by atoms with Crippen LogP contribution in [-0.4, -0.2) is 24.5 Å². The van der Waals surface area contributed by atoms with Crippen LogP contribution in [0.3, 0.4) is 0 Å². The van der Waals surface area contributed by atoms with Crippen LogP contribution < -0.4 is 5.73 Å². The van der Waals surface area contributed by atoms with Gasteiger partial charge < -0.3 is 5.73 Å². The molecule has 1 atom stereocenters. The molecule has 1 heterocycles. The largest absolute Gasteiger partial charge is 0.329 e. The molecule has 0 bridgehead atoms. The van der Waals surface area contributed by atoms with Gasteiger partial charge in [0.25, 0.3) is 0 Å². The fraction of sp³-hybridized carbons (Fsp3) is 0.625. The van der Waals surface area contributed by atoms with Crippen LogP contribution in [0.4, 0.5) is 4.39 Å². The summed E-state index contributed by atoms with van der Waals surface area (Å²) >= 11 is 5.88. The zero-order valence-electron chi connectivity index (χ0n) is 12.1. The topological polar surface area (TPSA) is 29.3 Å². The first kappa shape index (κ1) is 15.7. The Hall–Kier alpha value is -0.640. The number of nitrogens with two attached hydrogens (primary N) is 1. The maximum absolute atomic E-state index is 14.2. The van der Waals surface area contributed by atoms with E-state index in [0.717, 1.165) is 19.0 Å². The Bertz CT molecular complexity index is 430. The van der Waals surface area contributed by atoms with Gasteiger partial charge in [-0.15, -0.1) is 0 Å². The summed E-state index contributed by atoms with van der Waals surface area (Å²) in [4.78, 5) is 2.31. The summed E-state index contributed by atoms with van der Waals surface area (Å²) < 4.78 is 14.2. The summed E-state index contributed by atoms with van der Waals surface area (Å²) in [5, 5.41) is 0.182. The molecule has 0 aromatic heterocycles. The molecule has 1 aliphatic heterocycles. The molecule has 0 spiro atoms. The van der Waals surface area contributed by atoms with E-state index in [2.05, 4.69) is 11.8 Å². The third-order valence-electron chi connectivity index (χ3n) is 4.35. The zero-order chi connectivity index (χ0) is 14.5. The summed E-state index contributed by atoms with van der Waals surface area (Å²) in [7, 11) is 0. The number of benzene rings is 1. The number of halogens is 2. The Morgan fingerprint density at radius 3 is 2.70 bits per heavy atom. The van der Waals surface area contributed by atoms with Crippen LogP contribution in [0.1, 0.15) is 44.2 Å². The maximum Gasteiger partial charge on any atom is 0.146 e. The van der Waals surface area contributed by atoms with Crippen molar-refractivity contribution in [2.75, 3.05) is 19.6 Å². The number of nitrogens with zero attached hydrogens (tertiary/aromatic N) is 1. The van der Waals surface area contributed by atoms with Crippen LogP contribution >= 0.6 is 11.6 Å². The first-order valence-corrected chi connectivity index (χ1v) is 7.93. The lowest BCUT2D eigenvalue weighted by Crippen LogP contribution is -2.40. The van der Waals surface area contributed by atoms with E-state index >= 15 is 0 Å². The summed E-state index contributed by atoms with van der Waals surface area (Å²) in [6.45, 7) is 4.66. The van der Waals surface area contributed by atoms with Crippen molar-refractivity contribution in [1.82, 2.24) is 4.90 Å². The van der Waals surface area contributed by atoms with Crippen LogP contribution in [0, 0.1) is 11.7 Å². The highest BCUT2D eigenvalue weighted by molar-refractivity contribution is 6.30. The van der Waals surface area contributed by atoms with E-state index in [1.54, 1.807) is 18.2 Å². The molecule has 1 aliphatic rings. The number of likely N-dealkylation sites (tertiary alicyclic amines) is 1. The third kappa shape index (κ3) is 3.51. The molecule has 2 nitrogen and oxygen atoms in total. The van der Waals surface area contributed by atoms with Crippen LogP contribution in [0.15, 0.2) is 18.2 Å². The molecular formula is C16H24ClFN2. The van der Waals surface area contributed by atoms with Crippen molar-refractivity contribution >= 4 is 11.6 Å². The smallest absolute Gasteiger partial charge is 0.146 e. The minimum Gasteiger partial charge on any atom is -0.329 e. The Kier molecular flexibility index (Phi) is 5.82. The molecule has 0 aliphatic carbocycles. The zero-order valence-corrected chi connectivity index (χ0v) is 12.9. The Balaban J connectivity index is 2.08. The molecule has 2 rings (SSSR count). The molecular weight excluding hydrogens is 275 g/mol. The average molecular weight is 299 g/mol. The maximum atomic E-state index is 14.2. The van der Waals surface area contributed by atoms with Gasteiger partial charge in [0.15, 0.2) is 0 Å². The molecule has 2 N–H and O–H groups in total. The number of rotatable bonds is 5. The van der Waals surface area contributed by atoms with Crippen molar-refractivity contribution in [3.8, 4) is 0 Å². The van der Waals surface area contributed by atoms with E-state index in [1.807, 2.05) is 0 Å². The first-order valence-electron chi connectivity index (χ1n) is 7.55. The summed E-state index contributed by atoms with van der Waals surface area (Å²) in [5.41, 5.74) is 6.53. The minimum absolute atomic E-state index is 0.0590. The summed E-state index contributed by atoms with van der Waals surface area (Å²) in [6.07, 6.45) is 4.92. The van der Waals surface area contributed by atoms with Crippen LogP contribution in [0.5, 0.6) is 0 Å². The molecule has 1 saturated heterocycles. The second-order valence-electron chi connectivity index (χ2n) is 5.66. The van der Waals surface area contributed by atoms with Gasteiger partial charge in [0.05, 0.1) is 5.02 Å². The van der Waals surface area contributed by atoms with E-state index in [4.69, 9.17) is 17.3 Å². The standard InChI is InChI=1S/C16H24ClFN2/c1-2-4-12-7-9-20(10-8-12)15(11-19)13-5-3-6-14(17)16(13)18/h3,5-6,12,15H,2,4,7-11,19H2,1H3. The van der Waals surface area contributed by atoms with Gasteiger partial charge >= 0.3 is 0 Å². The summed E-state index contributed by atoms with van der Waals surface area (Å²) in [6, 6.07) is 5.13. The molecule has 112 valence electrons. The number of piperidine rings is 1. The molecule has 1 aromatic carbocycles. The minimum atomic E-state index is -0.319. The molecule has 1 fully saturated rings. The van der Waals surface area contributed by atoms with Crippen LogP contribution in [-0.2, 0) is 0 Å². The van der Waals surface area contributed by atoms with Gasteiger partial charge in [-0.05, 0) is 37.9 Å². The fourth-order valence-corrected chi connectivity index (χ4v) is 3.39. The van der Waals surface area contributed by atoms with Crippen molar-refractivity contribution < 1.29 is 4.39 Å². The predicted molar refractivity (Wildman–Crippen MR) is 82.4 cm³/mol. The molecule has 0 amide bonds. The van der Waals surface area contributed by atoms with E-state index in [-0.39, 0.29) is 16.9 Å². The molecule has 20 heavy (non-hydrogen) atoms. The lowest BCUT2D eigenvalue weighted by molar-refractivity contribution is 0.129. The summed E-state index contributed by atoms with van der Waals surface area (Å²) in [5.74, 6) is 0.499. The van der Waals surface area contributed by atoms with Crippen molar-refractivity contribution in [2.24, 2.45) is 11.7 Å². The quantitative estimate of drug-likeness (QED) is 0.890. The third-order valence-corrected chi connectivity index (χ3v) is 4.64. The van der Waals surface area contributed by atoms with Gasteiger partial charge in [0.2, 0.25) is 0 Å². The van der Waals surface area contributed by atoms with Gasteiger partial charge in [-0.2, -0.15) is 0 Å². The van der Waals surface area contributed by atoms with E-state index in [9.17, 15) is 4.39 Å². The Morgan fingerprint density at radius 1 is 1.40 bits per heavy atom. The van der Waals surface area contributed by atoms with Crippen molar-refractivity contribution in [3.05, 3.63) is 34.6 Å². The molecule has 1 unspecified atom stereocenters. The highest BCUT2D eigenvalue weighted by Gasteiger charge is 2.27.